The summed E-state index contributed by atoms with van der Waals surface area (Å²) in [6, 6.07) is 12.7. The van der Waals surface area contributed by atoms with Crippen molar-refractivity contribution in [1.82, 2.24) is 20.1 Å². The standard InChI is InChI=1S/C26H26FN5O3/c27-20-13-19-17(14-32(26(19)35)22-5-6-24(33)29-25(22)34)12-23(20)31-9-7-30(8-10-31)15-18-11-16-3-1-2-4-21(16)28-18/h1-4,11-13,22,28H,5-10,14-15H2,(H,29,33,34). The molecule has 2 N–H and O–H groups in total. The molecule has 180 valence electrons. The van der Waals surface area contributed by atoms with Gasteiger partial charge in [-0.15, -0.1) is 0 Å². The summed E-state index contributed by atoms with van der Waals surface area (Å²) in [5.74, 6) is -1.57. The van der Waals surface area contributed by atoms with Crippen LogP contribution in [-0.2, 0) is 22.7 Å². The van der Waals surface area contributed by atoms with Gasteiger partial charge in [0.15, 0.2) is 0 Å². The topological polar surface area (TPSA) is 88.8 Å². The molecule has 0 aliphatic carbocycles. The van der Waals surface area contributed by atoms with Crippen LogP contribution in [0.2, 0.25) is 0 Å². The van der Waals surface area contributed by atoms with Crippen LogP contribution in [0.3, 0.4) is 0 Å². The first-order valence-electron chi connectivity index (χ1n) is 12.0. The van der Waals surface area contributed by atoms with Gasteiger partial charge >= 0.3 is 0 Å². The monoisotopic (exact) mass is 475 g/mol. The number of H-pyrrole nitrogens is 1. The van der Waals surface area contributed by atoms with E-state index in [1.807, 2.05) is 17.0 Å². The quantitative estimate of drug-likeness (QED) is 0.566. The highest BCUT2D eigenvalue weighted by Crippen LogP contribution is 2.33. The lowest BCUT2D eigenvalue weighted by Crippen LogP contribution is -2.52. The number of hydrogen-bond acceptors (Lipinski definition) is 5. The zero-order valence-electron chi connectivity index (χ0n) is 19.2. The summed E-state index contributed by atoms with van der Waals surface area (Å²) in [7, 11) is 0. The van der Waals surface area contributed by atoms with Gasteiger partial charge in [0.2, 0.25) is 11.8 Å². The molecule has 0 bridgehead atoms. The number of nitrogens with zero attached hydrogens (tertiary/aromatic N) is 3. The third-order valence-corrected chi connectivity index (χ3v) is 7.28. The van der Waals surface area contributed by atoms with E-state index >= 15 is 4.39 Å². The van der Waals surface area contributed by atoms with E-state index in [0.29, 0.717) is 24.3 Å². The summed E-state index contributed by atoms with van der Waals surface area (Å²) in [4.78, 5) is 45.9. The molecule has 8 nitrogen and oxygen atoms in total. The molecule has 1 atom stereocenters. The third kappa shape index (κ3) is 3.95. The molecule has 3 aromatic rings. The molecule has 3 aliphatic rings. The molecule has 0 radical (unpaired) electrons. The maximum atomic E-state index is 15.1. The molecule has 1 unspecified atom stereocenters. The second kappa shape index (κ2) is 8.49. The van der Waals surface area contributed by atoms with Crippen molar-refractivity contribution in [3.8, 4) is 0 Å². The summed E-state index contributed by atoms with van der Waals surface area (Å²) >= 11 is 0. The zero-order valence-corrected chi connectivity index (χ0v) is 19.2. The van der Waals surface area contributed by atoms with Gasteiger partial charge in [-0.3, -0.25) is 24.6 Å². The smallest absolute Gasteiger partial charge is 0.255 e. The Hall–Kier alpha value is -3.72. The Morgan fingerprint density at radius 2 is 1.80 bits per heavy atom. The van der Waals surface area contributed by atoms with Crippen molar-refractivity contribution < 1.29 is 18.8 Å². The fraction of sp³-hybridized carbons (Fsp3) is 0.346. The average molecular weight is 476 g/mol. The van der Waals surface area contributed by atoms with Crippen LogP contribution in [0.25, 0.3) is 10.9 Å². The summed E-state index contributed by atoms with van der Waals surface area (Å²) in [5.41, 5.74) is 3.80. The molecular formula is C26H26FN5O3. The van der Waals surface area contributed by atoms with Gasteiger partial charge in [0.25, 0.3) is 5.91 Å². The van der Waals surface area contributed by atoms with E-state index in [9.17, 15) is 14.4 Å². The fourth-order valence-corrected chi connectivity index (χ4v) is 5.43. The number of benzene rings is 2. The summed E-state index contributed by atoms with van der Waals surface area (Å²) in [5, 5.41) is 3.49. The Kier molecular flexibility index (Phi) is 5.29. The Bertz CT molecular complexity index is 1310. The zero-order chi connectivity index (χ0) is 24.1. The van der Waals surface area contributed by atoms with Gasteiger partial charge in [-0.1, -0.05) is 18.2 Å². The van der Waals surface area contributed by atoms with Crippen LogP contribution < -0.4 is 10.2 Å². The van der Waals surface area contributed by atoms with E-state index in [4.69, 9.17) is 0 Å². The van der Waals surface area contributed by atoms with E-state index in [1.165, 1.54) is 16.4 Å². The summed E-state index contributed by atoms with van der Waals surface area (Å²) < 4.78 is 15.1. The van der Waals surface area contributed by atoms with Gasteiger partial charge in [-0.05, 0) is 41.6 Å². The number of aromatic nitrogens is 1. The van der Waals surface area contributed by atoms with Gasteiger partial charge in [-0.2, -0.15) is 0 Å². The Morgan fingerprint density at radius 1 is 1.00 bits per heavy atom. The highest BCUT2D eigenvalue weighted by atomic mass is 19.1. The van der Waals surface area contributed by atoms with E-state index in [-0.39, 0.29) is 31.2 Å². The number of halogens is 1. The van der Waals surface area contributed by atoms with Gasteiger partial charge in [0, 0.05) is 62.5 Å². The van der Waals surface area contributed by atoms with Crippen molar-refractivity contribution in [3.05, 3.63) is 65.1 Å². The fourth-order valence-electron chi connectivity index (χ4n) is 5.43. The number of imide groups is 1. The van der Waals surface area contributed by atoms with Crippen molar-refractivity contribution in [2.75, 3.05) is 31.1 Å². The van der Waals surface area contributed by atoms with Crippen molar-refractivity contribution in [2.24, 2.45) is 0 Å². The number of aromatic amines is 1. The van der Waals surface area contributed by atoms with E-state index in [0.717, 1.165) is 36.4 Å². The van der Waals surface area contributed by atoms with Crippen LogP contribution in [0.5, 0.6) is 0 Å². The molecule has 2 fully saturated rings. The number of amides is 3. The van der Waals surface area contributed by atoms with Gasteiger partial charge < -0.3 is 14.8 Å². The largest absolute Gasteiger partial charge is 0.367 e. The van der Waals surface area contributed by atoms with Crippen molar-refractivity contribution in [3.63, 3.8) is 0 Å². The third-order valence-electron chi connectivity index (χ3n) is 7.28. The molecule has 2 saturated heterocycles. The highest BCUT2D eigenvalue weighted by molar-refractivity contribution is 6.05. The number of carbonyl (C=O) groups excluding carboxylic acids is 3. The molecule has 3 amide bonds. The normalized spacial score (nSPS) is 21.1. The minimum atomic E-state index is -0.702. The first-order chi connectivity index (χ1) is 17.0. The molecule has 2 aromatic carbocycles. The Labute approximate surface area is 201 Å². The average Bonchev–Trinajstić information content (AvgIpc) is 3.39. The number of fused-ring (bicyclic) bond motifs is 2. The molecule has 6 rings (SSSR count). The number of anilines is 1. The first kappa shape index (κ1) is 21.8. The van der Waals surface area contributed by atoms with Gasteiger partial charge in [0.05, 0.1) is 5.69 Å². The number of rotatable bonds is 4. The minimum absolute atomic E-state index is 0.193. The Balaban J connectivity index is 1.13. The number of carbonyl (C=O) groups is 3. The molecule has 0 saturated carbocycles. The summed E-state index contributed by atoms with van der Waals surface area (Å²) in [6.07, 6.45) is 0.483. The van der Waals surface area contributed by atoms with Crippen LogP contribution in [0.1, 0.15) is 34.5 Å². The molecule has 35 heavy (non-hydrogen) atoms. The van der Waals surface area contributed by atoms with Crippen LogP contribution in [0.4, 0.5) is 10.1 Å². The van der Waals surface area contributed by atoms with E-state index < -0.39 is 17.8 Å². The van der Waals surface area contributed by atoms with Crippen molar-refractivity contribution >= 4 is 34.3 Å². The number of hydrogen-bond donors (Lipinski definition) is 2. The minimum Gasteiger partial charge on any atom is -0.367 e. The van der Waals surface area contributed by atoms with Crippen LogP contribution in [0, 0.1) is 5.82 Å². The van der Waals surface area contributed by atoms with E-state index in [1.54, 1.807) is 6.07 Å². The second-order valence-electron chi connectivity index (χ2n) is 9.51. The van der Waals surface area contributed by atoms with Gasteiger partial charge in [-0.25, -0.2) is 4.39 Å². The molecule has 3 aliphatic heterocycles. The predicted molar refractivity (Wildman–Crippen MR) is 128 cm³/mol. The number of piperazine rings is 1. The molecule has 1 aromatic heterocycles. The predicted octanol–water partition coefficient (Wildman–Crippen LogP) is 2.39. The van der Waals surface area contributed by atoms with Crippen LogP contribution >= 0.6 is 0 Å². The molecular weight excluding hydrogens is 449 g/mol. The van der Waals surface area contributed by atoms with E-state index in [2.05, 4.69) is 33.4 Å². The second-order valence-corrected chi connectivity index (χ2v) is 9.51. The molecule has 0 spiro atoms. The maximum Gasteiger partial charge on any atom is 0.255 e. The lowest BCUT2D eigenvalue weighted by molar-refractivity contribution is -0.136. The number of nitrogens with one attached hydrogen (secondary N) is 2. The summed E-state index contributed by atoms with van der Waals surface area (Å²) in [6.45, 7) is 4.01. The number of para-hydroxylation sites is 1. The SMILES string of the molecule is O=C1CCC(N2Cc3cc(N4CCN(Cc5cc6ccccc6[nH]5)CC4)c(F)cc3C2=O)C(=O)N1. The lowest BCUT2D eigenvalue weighted by Gasteiger charge is -2.36. The first-order valence-corrected chi connectivity index (χ1v) is 12.0. The van der Waals surface area contributed by atoms with Gasteiger partial charge in [0.1, 0.15) is 11.9 Å². The number of piperidine rings is 1. The maximum absolute atomic E-state index is 15.1. The van der Waals surface area contributed by atoms with Crippen LogP contribution in [0.15, 0.2) is 42.5 Å². The molecule has 9 heteroatoms. The Morgan fingerprint density at radius 3 is 2.57 bits per heavy atom. The van der Waals surface area contributed by atoms with Crippen molar-refractivity contribution in [1.29, 1.82) is 0 Å². The highest BCUT2D eigenvalue weighted by Gasteiger charge is 2.40. The molecule has 4 heterocycles. The van der Waals surface area contributed by atoms with Crippen molar-refractivity contribution in [2.45, 2.75) is 32.0 Å². The lowest BCUT2D eigenvalue weighted by atomic mass is 10.0. The van der Waals surface area contributed by atoms with Crippen LogP contribution in [-0.4, -0.2) is 64.7 Å².